The van der Waals surface area contributed by atoms with E-state index in [4.69, 9.17) is 9.47 Å². The quantitative estimate of drug-likeness (QED) is 0.389. The molecule has 1 aromatic carbocycles. The van der Waals surface area contributed by atoms with Gasteiger partial charge in [0.1, 0.15) is 31.3 Å². The monoisotopic (exact) mass is 354 g/mol. The van der Waals surface area contributed by atoms with E-state index in [1.165, 1.54) is 7.11 Å². The summed E-state index contributed by atoms with van der Waals surface area (Å²) < 4.78 is 11.9. The second kappa shape index (κ2) is 9.61. The molecule has 0 aliphatic carbocycles. The van der Waals surface area contributed by atoms with Crippen molar-refractivity contribution in [2.24, 2.45) is 5.16 Å². The van der Waals surface area contributed by atoms with Gasteiger partial charge in [0.15, 0.2) is 0 Å². The highest BCUT2D eigenvalue weighted by Gasteiger charge is 2.13. The van der Waals surface area contributed by atoms with Crippen molar-refractivity contribution in [3.8, 4) is 11.5 Å². The molecule has 0 spiro atoms. The average molecular weight is 354 g/mol. The van der Waals surface area contributed by atoms with Crippen molar-refractivity contribution in [1.82, 2.24) is 4.98 Å². The number of aryl methyl sites for hydroxylation is 2. The van der Waals surface area contributed by atoms with E-state index in [9.17, 15) is 0 Å². The number of allylic oxidation sites excluding steroid dienone is 1. The third-order valence-corrected chi connectivity index (χ3v) is 3.84. The SMILES string of the molecule is C/C=C/COc1cc(C)c(OC(C)c2ccc(C=NOC)cn2)c(C)c1. The van der Waals surface area contributed by atoms with Gasteiger partial charge < -0.3 is 14.3 Å². The van der Waals surface area contributed by atoms with Gasteiger partial charge in [0.25, 0.3) is 0 Å². The first-order valence-corrected chi connectivity index (χ1v) is 8.59. The Hall–Kier alpha value is -2.82. The highest BCUT2D eigenvalue weighted by Crippen LogP contribution is 2.31. The van der Waals surface area contributed by atoms with Gasteiger partial charge in [-0.2, -0.15) is 0 Å². The molecule has 138 valence electrons. The Morgan fingerprint density at radius 2 is 1.92 bits per heavy atom. The maximum atomic E-state index is 6.17. The highest BCUT2D eigenvalue weighted by molar-refractivity contribution is 5.78. The molecule has 0 bridgehead atoms. The predicted molar refractivity (Wildman–Crippen MR) is 104 cm³/mol. The Morgan fingerprint density at radius 1 is 1.19 bits per heavy atom. The largest absolute Gasteiger partial charge is 0.490 e. The maximum Gasteiger partial charge on any atom is 0.138 e. The van der Waals surface area contributed by atoms with E-state index in [1.54, 1.807) is 12.4 Å². The number of aromatic nitrogens is 1. The number of rotatable bonds is 8. The molecule has 1 atom stereocenters. The number of ether oxygens (including phenoxy) is 2. The van der Waals surface area contributed by atoms with Crippen LogP contribution in [-0.2, 0) is 4.84 Å². The van der Waals surface area contributed by atoms with Crippen LogP contribution in [0.1, 0.15) is 42.3 Å². The van der Waals surface area contributed by atoms with E-state index < -0.39 is 0 Å². The fourth-order valence-corrected chi connectivity index (χ4v) is 2.50. The smallest absolute Gasteiger partial charge is 0.138 e. The third kappa shape index (κ3) is 5.34. The van der Waals surface area contributed by atoms with E-state index in [0.717, 1.165) is 33.9 Å². The minimum atomic E-state index is -0.171. The molecule has 0 radical (unpaired) electrons. The Balaban J connectivity index is 2.10. The fourth-order valence-electron chi connectivity index (χ4n) is 2.50. The Bertz CT molecular complexity index is 744. The molecule has 0 fully saturated rings. The summed E-state index contributed by atoms with van der Waals surface area (Å²) in [6, 6.07) is 7.86. The minimum Gasteiger partial charge on any atom is -0.490 e. The molecule has 1 unspecified atom stereocenters. The highest BCUT2D eigenvalue weighted by atomic mass is 16.6. The number of hydrogen-bond donors (Lipinski definition) is 0. The lowest BCUT2D eigenvalue weighted by molar-refractivity contribution is 0.215. The van der Waals surface area contributed by atoms with E-state index in [1.807, 2.05) is 64.1 Å². The molecule has 26 heavy (non-hydrogen) atoms. The van der Waals surface area contributed by atoms with E-state index in [2.05, 4.69) is 15.0 Å². The zero-order valence-corrected chi connectivity index (χ0v) is 16.0. The summed E-state index contributed by atoms with van der Waals surface area (Å²) in [5.74, 6) is 1.71. The van der Waals surface area contributed by atoms with Gasteiger partial charge in [0.2, 0.25) is 0 Å². The standard InChI is InChI=1S/C21H26N2O3/c1-6-7-10-25-19-11-15(2)21(16(3)12-19)26-17(4)20-9-8-18(13-22-20)14-23-24-5/h6-9,11-14,17H,10H2,1-5H3/b7-6+,23-14?. The molecule has 1 aromatic heterocycles. The third-order valence-electron chi connectivity index (χ3n) is 3.84. The van der Waals surface area contributed by atoms with E-state index >= 15 is 0 Å². The second-order valence-corrected chi connectivity index (χ2v) is 5.96. The Labute approximate surface area is 155 Å². The first-order chi connectivity index (χ1) is 12.5. The van der Waals surface area contributed by atoms with Crippen LogP contribution in [-0.4, -0.2) is 24.9 Å². The van der Waals surface area contributed by atoms with Crippen LogP contribution >= 0.6 is 0 Å². The van der Waals surface area contributed by atoms with E-state index in [0.29, 0.717) is 6.61 Å². The zero-order valence-electron chi connectivity index (χ0n) is 16.0. The zero-order chi connectivity index (χ0) is 18.9. The Kier molecular flexibility index (Phi) is 7.21. The number of pyridine rings is 1. The summed E-state index contributed by atoms with van der Waals surface area (Å²) in [4.78, 5) is 9.12. The molecule has 0 saturated carbocycles. The number of benzene rings is 1. The van der Waals surface area contributed by atoms with Crippen LogP contribution in [0.15, 0.2) is 47.8 Å². The van der Waals surface area contributed by atoms with Crippen molar-refractivity contribution >= 4 is 6.21 Å². The molecular weight excluding hydrogens is 328 g/mol. The molecule has 2 rings (SSSR count). The van der Waals surface area contributed by atoms with Gasteiger partial charge >= 0.3 is 0 Å². The topological polar surface area (TPSA) is 52.9 Å². The van der Waals surface area contributed by atoms with Gasteiger partial charge in [0.05, 0.1) is 11.9 Å². The van der Waals surface area contributed by atoms with Crippen LogP contribution in [0.25, 0.3) is 0 Å². The van der Waals surface area contributed by atoms with Crippen LogP contribution in [0.5, 0.6) is 11.5 Å². The molecule has 0 N–H and O–H groups in total. The molecule has 5 nitrogen and oxygen atoms in total. The molecule has 5 heteroatoms. The molecule has 1 heterocycles. The number of hydrogen-bond acceptors (Lipinski definition) is 5. The first-order valence-electron chi connectivity index (χ1n) is 8.59. The summed E-state index contributed by atoms with van der Waals surface area (Å²) >= 11 is 0. The number of oxime groups is 1. The van der Waals surface area contributed by atoms with Crippen LogP contribution in [0, 0.1) is 13.8 Å². The summed E-state index contributed by atoms with van der Waals surface area (Å²) in [7, 11) is 1.51. The first kappa shape index (κ1) is 19.5. The second-order valence-electron chi connectivity index (χ2n) is 5.96. The van der Waals surface area contributed by atoms with Crippen LogP contribution in [0.4, 0.5) is 0 Å². The van der Waals surface area contributed by atoms with Gasteiger partial charge in [-0.05, 0) is 63.1 Å². The van der Waals surface area contributed by atoms with Gasteiger partial charge in [-0.15, -0.1) is 0 Å². The van der Waals surface area contributed by atoms with Gasteiger partial charge in [0, 0.05) is 11.8 Å². The van der Waals surface area contributed by atoms with Crippen molar-refractivity contribution in [2.45, 2.75) is 33.8 Å². The molecule has 0 amide bonds. The number of nitrogens with zero attached hydrogens (tertiary/aromatic N) is 2. The fraction of sp³-hybridized carbons (Fsp3) is 0.333. The van der Waals surface area contributed by atoms with Gasteiger partial charge in [-0.1, -0.05) is 17.3 Å². The van der Waals surface area contributed by atoms with Gasteiger partial charge in [-0.25, -0.2) is 0 Å². The lowest BCUT2D eigenvalue weighted by Crippen LogP contribution is -2.08. The van der Waals surface area contributed by atoms with Crippen molar-refractivity contribution in [3.05, 3.63) is 65.0 Å². The lowest BCUT2D eigenvalue weighted by Gasteiger charge is -2.19. The van der Waals surface area contributed by atoms with Gasteiger partial charge in [-0.3, -0.25) is 4.98 Å². The van der Waals surface area contributed by atoms with Crippen LogP contribution in [0.3, 0.4) is 0 Å². The Morgan fingerprint density at radius 3 is 2.50 bits per heavy atom. The van der Waals surface area contributed by atoms with Crippen LogP contribution < -0.4 is 9.47 Å². The predicted octanol–water partition coefficient (Wildman–Crippen LogP) is 4.77. The average Bonchev–Trinajstić information content (AvgIpc) is 2.63. The van der Waals surface area contributed by atoms with Crippen LogP contribution in [0.2, 0.25) is 0 Å². The van der Waals surface area contributed by atoms with Crippen molar-refractivity contribution in [3.63, 3.8) is 0 Å². The van der Waals surface area contributed by atoms with E-state index in [-0.39, 0.29) is 6.10 Å². The van der Waals surface area contributed by atoms with Crippen molar-refractivity contribution < 1.29 is 14.3 Å². The summed E-state index contributed by atoms with van der Waals surface area (Å²) in [5, 5.41) is 3.73. The minimum absolute atomic E-state index is 0.171. The summed E-state index contributed by atoms with van der Waals surface area (Å²) in [6.07, 6.45) is 7.14. The summed E-state index contributed by atoms with van der Waals surface area (Å²) in [5.41, 5.74) is 3.80. The summed E-state index contributed by atoms with van der Waals surface area (Å²) in [6.45, 7) is 8.57. The maximum absolute atomic E-state index is 6.17. The molecular formula is C21H26N2O3. The molecule has 2 aromatic rings. The molecule has 0 saturated heterocycles. The molecule has 0 aliphatic rings. The van der Waals surface area contributed by atoms with Crippen molar-refractivity contribution in [1.29, 1.82) is 0 Å². The molecule has 0 aliphatic heterocycles. The van der Waals surface area contributed by atoms with Crippen molar-refractivity contribution in [2.75, 3.05) is 13.7 Å². The lowest BCUT2D eigenvalue weighted by atomic mass is 10.1. The normalized spacial score (nSPS) is 12.5.